The van der Waals surface area contributed by atoms with E-state index in [0.717, 1.165) is 16.7 Å². The third kappa shape index (κ3) is 3.78. The molecule has 0 bridgehead atoms. The van der Waals surface area contributed by atoms with Gasteiger partial charge in [0, 0.05) is 23.3 Å². The van der Waals surface area contributed by atoms with E-state index in [9.17, 15) is 9.59 Å². The van der Waals surface area contributed by atoms with Crippen LogP contribution in [-0.4, -0.2) is 28.5 Å². The van der Waals surface area contributed by atoms with Gasteiger partial charge in [-0.1, -0.05) is 29.8 Å². The number of ether oxygens (including phenoxy) is 1. The van der Waals surface area contributed by atoms with Gasteiger partial charge in [0.15, 0.2) is 0 Å². The lowest BCUT2D eigenvalue weighted by atomic mass is 10.0. The molecule has 0 fully saturated rings. The highest BCUT2D eigenvalue weighted by atomic mass is 32.1. The van der Waals surface area contributed by atoms with E-state index in [0.29, 0.717) is 10.6 Å². The van der Waals surface area contributed by atoms with Crippen molar-refractivity contribution in [3.63, 3.8) is 0 Å². The molecule has 26 heavy (non-hydrogen) atoms. The van der Waals surface area contributed by atoms with Gasteiger partial charge in [-0.2, -0.15) is 0 Å². The number of benzene rings is 1. The summed E-state index contributed by atoms with van der Waals surface area (Å²) in [7, 11) is 0. The fourth-order valence-corrected chi connectivity index (χ4v) is 3.34. The van der Waals surface area contributed by atoms with E-state index in [1.165, 1.54) is 29.9 Å². The molecule has 0 atom stereocenters. The van der Waals surface area contributed by atoms with Gasteiger partial charge in [0.2, 0.25) is 0 Å². The summed E-state index contributed by atoms with van der Waals surface area (Å²) >= 11 is 1.27. The smallest absolute Gasteiger partial charge is 0.341 e. The summed E-state index contributed by atoms with van der Waals surface area (Å²) in [5.74, 6) is -0.903. The molecular weight excluding hydrogens is 350 g/mol. The van der Waals surface area contributed by atoms with Crippen molar-refractivity contribution in [1.82, 2.24) is 9.97 Å². The molecule has 0 aliphatic heterocycles. The van der Waals surface area contributed by atoms with Crippen molar-refractivity contribution in [3.8, 4) is 11.1 Å². The van der Waals surface area contributed by atoms with E-state index in [4.69, 9.17) is 4.74 Å². The average Bonchev–Trinajstić information content (AvgIpc) is 3.07. The minimum Gasteiger partial charge on any atom is -0.462 e. The van der Waals surface area contributed by atoms with Crippen LogP contribution in [0.15, 0.2) is 48.2 Å². The number of esters is 1. The largest absolute Gasteiger partial charge is 0.462 e. The van der Waals surface area contributed by atoms with Crippen LogP contribution in [0.5, 0.6) is 0 Å². The molecule has 2 heterocycles. The lowest BCUT2D eigenvalue weighted by Gasteiger charge is -2.08. The molecule has 0 spiro atoms. The zero-order chi connectivity index (χ0) is 18.5. The number of hydrogen-bond acceptors (Lipinski definition) is 6. The van der Waals surface area contributed by atoms with Gasteiger partial charge in [-0.15, -0.1) is 11.3 Å². The molecule has 0 aliphatic rings. The second-order valence-corrected chi connectivity index (χ2v) is 6.36. The molecule has 2 aromatic heterocycles. The molecule has 0 aliphatic carbocycles. The highest BCUT2D eigenvalue weighted by molar-refractivity contribution is 7.15. The standard InChI is InChI=1S/C19H17N3O3S/c1-3-25-19(24)16-14(13-6-4-12(2)5-7-13)11-26-18(16)22-17(23)15-10-20-8-9-21-15/h4-11H,3H2,1-2H3,(H,22,23). The highest BCUT2D eigenvalue weighted by Crippen LogP contribution is 2.36. The number of nitrogens with one attached hydrogen (secondary N) is 1. The van der Waals surface area contributed by atoms with Crippen LogP contribution in [0.1, 0.15) is 33.3 Å². The molecule has 6 nitrogen and oxygen atoms in total. The maximum Gasteiger partial charge on any atom is 0.341 e. The summed E-state index contributed by atoms with van der Waals surface area (Å²) in [6, 6.07) is 7.82. The first-order chi connectivity index (χ1) is 12.6. The predicted molar refractivity (Wildman–Crippen MR) is 100 cm³/mol. The topological polar surface area (TPSA) is 81.2 Å². The van der Waals surface area contributed by atoms with Crippen LogP contribution in [-0.2, 0) is 4.74 Å². The number of hydrogen-bond donors (Lipinski definition) is 1. The van der Waals surface area contributed by atoms with Crippen molar-refractivity contribution in [2.24, 2.45) is 0 Å². The van der Waals surface area contributed by atoms with Crippen molar-refractivity contribution in [3.05, 3.63) is 65.1 Å². The fraction of sp³-hybridized carbons (Fsp3) is 0.158. The highest BCUT2D eigenvalue weighted by Gasteiger charge is 2.23. The van der Waals surface area contributed by atoms with E-state index in [-0.39, 0.29) is 12.3 Å². The Bertz CT molecular complexity index is 921. The molecule has 1 N–H and O–H groups in total. The Labute approximate surface area is 154 Å². The molecule has 1 amide bonds. The van der Waals surface area contributed by atoms with Gasteiger partial charge in [-0.25, -0.2) is 9.78 Å². The summed E-state index contributed by atoms with van der Waals surface area (Å²) in [6.45, 7) is 3.99. The number of carbonyl (C=O) groups is 2. The summed E-state index contributed by atoms with van der Waals surface area (Å²) in [6.07, 6.45) is 4.29. The van der Waals surface area contributed by atoms with Gasteiger partial charge in [-0.3, -0.25) is 9.78 Å². The molecule has 0 saturated carbocycles. The van der Waals surface area contributed by atoms with Gasteiger partial charge in [0.1, 0.15) is 16.3 Å². The first kappa shape index (κ1) is 17.8. The van der Waals surface area contributed by atoms with Gasteiger partial charge in [0.05, 0.1) is 12.8 Å². The van der Waals surface area contributed by atoms with E-state index >= 15 is 0 Å². The Hall–Kier alpha value is -3.06. The minimum atomic E-state index is -0.473. The van der Waals surface area contributed by atoms with Crippen LogP contribution < -0.4 is 5.32 Å². The first-order valence-electron chi connectivity index (χ1n) is 8.03. The van der Waals surface area contributed by atoms with Gasteiger partial charge in [0.25, 0.3) is 5.91 Å². The van der Waals surface area contributed by atoms with E-state index < -0.39 is 11.9 Å². The lowest BCUT2D eigenvalue weighted by molar-refractivity contribution is 0.0529. The van der Waals surface area contributed by atoms with Crippen LogP contribution in [0.4, 0.5) is 5.00 Å². The third-order valence-electron chi connectivity index (χ3n) is 3.66. The summed E-state index contributed by atoms with van der Waals surface area (Å²) in [4.78, 5) is 32.7. The molecule has 1 aromatic carbocycles. The van der Waals surface area contributed by atoms with Gasteiger partial charge >= 0.3 is 5.97 Å². The molecule has 3 aromatic rings. The van der Waals surface area contributed by atoms with Crippen molar-refractivity contribution < 1.29 is 14.3 Å². The number of amides is 1. The normalized spacial score (nSPS) is 10.4. The average molecular weight is 367 g/mol. The zero-order valence-corrected chi connectivity index (χ0v) is 15.2. The first-order valence-corrected chi connectivity index (χ1v) is 8.91. The molecular formula is C19H17N3O3S. The van der Waals surface area contributed by atoms with E-state index in [1.807, 2.05) is 36.6 Å². The van der Waals surface area contributed by atoms with Gasteiger partial charge in [-0.05, 0) is 19.4 Å². The van der Waals surface area contributed by atoms with Crippen molar-refractivity contribution in [2.45, 2.75) is 13.8 Å². The second kappa shape index (κ2) is 7.88. The predicted octanol–water partition coefficient (Wildman–Crippen LogP) is 3.94. The van der Waals surface area contributed by atoms with Gasteiger partial charge < -0.3 is 10.1 Å². The molecule has 0 unspecified atom stereocenters. The van der Waals surface area contributed by atoms with Crippen LogP contribution in [0, 0.1) is 6.92 Å². The van der Waals surface area contributed by atoms with Crippen LogP contribution in [0.25, 0.3) is 11.1 Å². The van der Waals surface area contributed by atoms with E-state index in [1.54, 1.807) is 6.92 Å². The molecule has 3 rings (SSSR count). The summed E-state index contributed by atoms with van der Waals surface area (Å²) in [5, 5.41) is 5.01. The lowest BCUT2D eigenvalue weighted by Crippen LogP contribution is -2.16. The molecule has 7 heteroatoms. The van der Waals surface area contributed by atoms with Crippen LogP contribution >= 0.6 is 11.3 Å². The summed E-state index contributed by atoms with van der Waals surface area (Å²) in [5.41, 5.74) is 3.25. The molecule has 0 radical (unpaired) electrons. The molecule has 0 saturated heterocycles. The number of carbonyl (C=O) groups excluding carboxylic acids is 2. The van der Waals surface area contributed by atoms with E-state index in [2.05, 4.69) is 15.3 Å². The number of aryl methyl sites for hydroxylation is 1. The van der Waals surface area contributed by atoms with Crippen molar-refractivity contribution in [1.29, 1.82) is 0 Å². The number of anilines is 1. The Kier molecular flexibility index (Phi) is 5.38. The fourth-order valence-electron chi connectivity index (χ4n) is 2.38. The molecule has 132 valence electrons. The number of nitrogens with zero attached hydrogens (tertiary/aromatic N) is 2. The number of aromatic nitrogens is 2. The third-order valence-corrected chi connectivity index (χ3v) is 4.55. The maximum atomic E-state index is 12.5. The maximum absolute atomic E-state index is 12.5. The van der Waals surface area contributed by atoms with Crippen LogP contribution in [0.2, 0.25) is 0 Å². The van der Waals surface area contributed by atoms with Crippen LogP contribution in [0.3, 0.4) is 0 Å². The number of rotatable bonds is 5. The van der Waals surface area contributed by atoms with Crippen molar-refractivity contribution >= 4 is 28.2 Å². The Morgan fingerprint density at radius 1 is 1.19 bits per heavy atom. The second-order valence-electron chi connectivity index (χ2n) is 5.48. The number of thiophene rings is 1. The monoisotopic (exact) mass is 367 g/mol. The Morgan fingerprint density at radius 2 is 1.96 bits per heavy atom. The Balaban J connectivity index is 1.98. The quantitative estimate of drug-likeness (QED) is 0.691. The SMILES string of the molecule is CCOC(=O)c1c(-c2ccc(C)cc2)csc1NC(=O)c1cnccn1. The zero-order valence-electron chi connectivity index (χ0n) is 14.4. The van der Waals surface area contributed by atoms with Crippen molar-refractivity contribution in [2.75, 3.05) is 11.9 Å². The Morgan fingerprint density at radius 3 is 2.62 bits per heavy atom. The summed E-state index contributed by atoms with van der Waals surface area (Å²) < 4.78 is 5.19. The minimum absolute atomic E-state index is 0.174.